The smallest absolute Gasteiger partial charge is 0.407 e. The highest BCUT2D eigenvalue weighted by molar-refractivity contribution is 9.09. The molecule has 0 aromatic heterocycles. The van der Waals surface area contributed by atoms with Crippen molar-refractivity contribution < 1.29 is 28.6 Å². The number of ether oxygens (including phenoxy) is 3. The molecule has 0 unspecified atom stereocenters. The van der Waals surface area contributed by atoms with E-state index >= 15 is 0 Å². The Morgan fingerprint density at radius 2 is 0.959 bits per heavy atom. The number of alkyl carbamates (subject to hydrolysis) is 3. The number of carbonyl (C=O) groups excluding carboxylic acids is 3. The van der Waals surface area contributed by atoms with Crippen LogP contribution in [0.4, 0.5) is 14.4 Å². The second-order valence-electron chi connectivity index (χ2n) is 23.8. The number of nitrogens with one attached hydrogen (secondary N) is 4. The maximum atomic E-state index is 11.7. The molecule has 8 rings (SSSR count). The van der Waals surface area contributed by atoms with E-state index in [1.165, 1.54) is 89.0 Å². The number of carbonyl (C=O) groups is 3. The first kappa shape index (κ1) is 62.1. The average Bonchev–Trinajstić information content (AvgIpc) is 4.17. The number of hydrogen-bond donors (Lipinski definition) is 4. The molecule has 6 fully saturated rings. The van der Waals surface area contributed by atoms with Gasteiger partial charge in [0.25, 0.3) is 0 Å². The van der Waals surface area contributed by atoms with Gasteiger partial charge in [-0.15, -0.1) is 0 Å². The highest BCUT2D eigenvalue weighted by Crippen LogP contribution is 2.38. The third-order valence-corrected chi connectivity index (χ3v) is 14.7. The van der Waals surface area contributed by atoms with Crippen LogP contribution in [0.2, 0.25) is 0 Å². The van der Waals surface area contributed by atoms with Crippen LogP contribution in [0.25, 0.3) is 0 Å². The fourth-order valence-electron chi connectivity index (χ4n) is 11.0. The monoisotopic (exact) mass is 1080 g/mol. The zero-order valence-electron chi connectivity index (χ0n) is 45.8. The summed E-state index contributed by atoms with van der Waals surface area (Å²) in [5, 5.41) is 12.7. The summed E-state index contributed by atoms with van der Waals surface area (Å²) in [6.07, 6.45) is 8.92. The molecule has 6 atom stereocenters. The topological polar surface area (TPSA) is 140 Å². The zero-order valence-corrected chi connectivity index (χ0v) is 47.4. The molecule has 14 nitrogen and oxygen atoms in total. The van der Waals surface area contributed by atoms with Gasteiger partial charge in [0, 0.05) is 82.9 Å². The van der Waals surface area contributed by atoms with Gasteiger partial charge < -0.3 is 45.3 Å². The first-order valence-corrected chi connectivity index (χ1v) is 28.5. The van der Waals surface area contributed by atoms with Crippen molar-refractivity contribution in [3.63, 3.8) is 0 Å². The molecule has 2 aromatic carbocycles. The van der Waals surface area contributed by atoms with E-state index in [1.807, 2.05) is 62.3 Å². The van der Waals surface area contributed by atoms with Gasteiger partial charge in [-0.2, -0.15) is 0 Å². The Morgan fingerprint density at radius 1 is 0.548 bits per heavy atom. The van der Waals surface area contributed by atoms with Crippen molar-refractivity contribution in [1.29, 1.82) is 0 Å². The van der Waals surface area contributed by atoms with E-state index in [0.29, 0.717) is 25.7 Å². The Bertz CT molecular complexity index is 1870. The molecule has 0 spiro atoms. The molecule has 5 saturated heterocycles. The number of fused-ring (bicyclic) bond motifs is 3. The van der Waals surface area contributed by atoms with Crippen LogP contribution in [0.15, 0.2) is 60.7 Å². The number of amides is 3. The minimum absolute atomic E-state index is 0. The summed E-state index contributed by atoms with van der Waals surface area (Å²) < 4.78 is 15.5. The van der Waals surface area contributed by atoms with E-state index in [1.54, 1.807) is 0 Å². The predicted molar refractivity (Wildman–Crippen MR) is 301 cm³/mol. The Labute approximate surface area is 450 Å². The molecule has 1 saturated carbocycles. The lowest BCUT2D eigenvalue weighted by molar-refractivity contribution is 0.0514. The highest BCUT2D eigenvalue weighted by atomic mass is 79.9. The number of halogens is 1. The van der Waals surface area contributed by atoms with Crippen LogP contribution in [0.1, 0.15) is 132 Å². The van der Waals surface area contributed by atoms with Crippen molar-refractivity contribution in [2.45, 2.75) is 163 Å². The SMILES string of the molecule is C.CC(C)(C)OC(=O)NCCCBr.CC(C)(C)OC(=O)NCCCN1C[C@@H]2CCN(Cc3ccccc3)[C@@H]2C1.CC(C)(C)OC(=O)NCCCN1C[C@H]2CCC[C@H]2C1.c1ccc(CN2CC[C@H]3CNC[C@H]32)cc1. The number of hydrogen-bond acceptors (Lipinski definition) is 11. The molecule has 2 aromatic rings. The van der Waals surface area contributed by atoms with E-state index in [9.17, 15) is 14.4 Å². The van der Waals surface area contributed by atoms with Crippen LogP contribution in [-0.4, -0.2) is 157 Å². The lowest BCUT2D eigenvalue weighted by Crippen LogP contribution is -2.36. The van der Waals surface area contributed by atoms with Gasteiger partial charge in [-0.1, -0.05) is 90.4 Å². The van der Waals surface area contributed by atoms with Crippen molar-refractivity contribution in [3.8, 4) is 0 Å². The minimum atomic E-state index is -0.432. The number of nitrogens with zero attached hydrogens (tertiary/aromatic N) is 4. The molecular formula is C58H99BrN8O6. The molecule has 5 heterocycles. The summed E-state index contributed by atoms with van der Waals surface area (Å²) in [6, 6.07) is 23.1. The molecule has 0 radical (unpaired) electrons. The Kier molecular flexibility index (Phi) is 26.3. The summed E-state index contributed by atoms with van der Waals surface area (Å²) in [5.74, 6) is 3.63. The number of rotatable bonds is 15. The van der Waals surface area contributed by atoms with Crippen molar-refractivity contribution in [1.82, 2.24) is 40.9 Å². The Balaban J connectivity index is 0.000000219. The van der Waals surface area contributed by atoms with E-state index in [4.69, 9.17) is 14.2 Å². The van der Waals surface area contributed by atoms with Crippen LogP contribution in [-0.2, 0) is 27.3 Å². The molecule has 0 bridgehead atoms. The third-order valence-electron chi connectivity index (χ3n) is 14.2. The van der Waals surface area contributed by atoms with E-state index in [0.717, 1.165) is 87.0 Å². The first-order valence-electron chi connectivity index (χ1n) is 27.4. The summed E-state index contributed by atoms with van der Waals surface area (Å²) in [6.45, 7) is 33.0. The van der Waals surface area contributed by atoms with Gasteiger partial charge in [-0.25, -0.2) is 14.4 Å². The summed E-state index contributed by atoms with van der Waals surface area (Å²) in [4.78, 5) is 44.5. The van der Waals surface area contributed by atoms with Crippen molar-refractivity contribution in [2.24, 2.45) is 23.7 Å². The van der Waals surface area contributed by atoms with Crippen LogP contribution >= 0.6 is 15.9 Å². The van der Waals surface area contributed by atoms with Crippen LogP contribution in [0.3, 0.4) is 0 Å². The zero-order chi connectivity index (χ0) is 52.2. The van der Waals surface area contributed by atoms with Gasteiger partial charge in [0.15, 0.2) is 0 Å². The Hall–Kier alpha value is -3.47. The molecule has 73 heavy (non-hydrogen) atoms. The van der Waals surface area contributed by atoms with Crippen LogP contribution in [0, 0.1) is 23.7 Å². The molecule has 1 aliphatic carbocycles. The quantitative estimate of drug-likeness (QED) is 0.0770. The van der Waals surface area contributed by atoms with E-state index in [2.05, 4.69) is 117 Å². The van der Waals surface area contributed by atoms with E-state index < -0.39 is 16.8 Å². The number of benzene rings is 2. The minimum Gasteiger partial charge on any atom is -0.444 e. The second-order valence-corrected chi connectivity index (χ2v) is 24.6. The number of alkyl halides is 1. The van der Waals surface area contributed by atoms with Gasteiger partial charge in [0.2, 0.25) is 0 Å². The third kappa shape index (κ3) is 24.0. The second kappa shape index (κ2) is 30.9. The largest absolute Gasteiger partial charge is 0.444 e. The summed E-state index contributed by atoms with van der Waals surface area (Å²) in [7, 11) is 0. The number of likely N-dealkylation sites (tertiary alicyclic amines) is 4. The van der Waals surface area contributed by atoms with Gasteiger partial charge >= 0.3 is 18.3 Å². The fraction of sp³-hybridized carbons (Fsp3) is 0.741. The molecular weight excluding hydrogens is 985 g/mol. The van der Waals surface area contributed by atoms with Crippen molar-refractivity contribution >= 4 is 34.2 Å². The first-order chi connectivity index (χ1) is 34.2. The van der Waals surface area contributed by atoms with Gasteiger partial charge in [-0.05, 0) is 175 Å². The highest BCUT2D eigenvalue weighted by Gasteiger charge is 2.41. The fourth-order valence-corrected chi connectivity index (χ4v) is 11.3. The van der Waals surface area contributed by atoms with Crippen LogP contribution < -0.4 is 21.3 Å². The molecule has 3 amide bonds. The van der Waals surface area contributed by atoms with Crippen molar-refractivity contribution in [2.75, 3.05) is 90.4 Å². The molecule has 15 heteroatoms. The molecule has 6 aliphatic rings. The average molecular weight is 1080 g/mol. The lowest BCUT2D eigenvalue weighted by atomic mass is 10.0. The summed E-state index contributed by atoms with van der Waals surface area (Å²) >= 11 is 3.27. The molecule has 4 N–H and O–H groups in total. The predicted octanol–water partition coefficient (Wildman–Crippen LogP) is 10.2. The van der Waals surface area contributed by atoms with Crippen LogP contribution in [0.5, 0.6) is 0 Å². The molecule has 5 aliphatic heterocycles. The van der Waals surface area contributed by atoms with Gasteiger partial charge in [0.05, 0.1) is 0 Å². The van der Waals surface area contributed by atoms with Gasteiger partial charge in [0.1, 0.15) is 16.8 Å². The molecule has 414 valence electrons. The normalized spacial score (nSPS) is 23.7. The standard InChI is InChI=1S/C21H33N3O2.C15H28N2O2.C13H18N2.C8H16BrNO2.CH4/c1-21(2,3)26-20(25)22-11-7-12-23-15-18-10-13-24(19(18)16-23)14-17-8-5-4-6-9-17;1-15(2,3)19-14(18)16-8-5-9-17-10-12-6-4-7-13(12)11-17;1-2-4-11(5-3-1)10-15-7-6-12-8-14-9-13(12)15;1-8(2,3)12-7(11)10-6-4-5-9;/h4-6,8-9,18-19H,7,10-16H2,1-3H3,(H,22,25);12-13H,4-11H2,1-3H3,(H,16,18);1-5,12-14H,6-10H2;4-6H2,1-3H3,(H,10,11);1H4/t18-,19+;2*12-,13+;;/m0.0../s1. The lowest BCUT2D eigenvalue weighted by Gasteiger charge is -2.25. The van der Waals surface area contributed by atoms with E-state index in [-0.39, 0.29) is 25.7 Å². The maximum absolute atomic E-state index is 11.7. The maximum Gasteiger partial charge on any atom is 0.407 e. The summed E-state index contributed by atoms with van der Waals surface area (Å²) in [5.41, 5.74) is 1.62. The van der Waals surface area contributed by atoms with Gasteiger partial charge in [-0.3, -0.25) is 9.80 Å². The van der Waals surface area contributed by atoms with Crippen molar-refractivity contribution in [3.05, 3.63) is 71.8 Å². The Morgan fingerprint density at radius 3 is 1.41 bits per heavy atom.